The Balaban J connectivity index is 2.21. The van der Waals surface area contributed by atoms with Crippen LogP contribution in [0.25, 0.3) is 0 Å². The summed E-state index contributed by atoms with van der Waals surface area (Å²) < 4.78 is 5.47. The number of hydrogen-bond donors (Lipinski definition) is 0. The van der Waals surface area contributed by atoms with Crippen LogP contribution in [0.1, 0.15) is 25.3 Å². The summed E-state index contributed by atoms with van der Waals surface area (Å²) in [7, 11) is 0. The van der Waals surface area contributed by atoms with E-state index >= 15 is 0 Å². The summed E-state index contributed by atoms with van der Waals surface area (Å²) in [6.07, 6.45) is 1.60. The minimum atomic E-state index is -0.241. The molecule has 2 rings (SSSR count). The Kier molecular flexibility index (Phi) is 3.79. The number of aryl methyl sites for hydroxylation is 1. The first kappa shape index (κ1) is 12.1. The topological polar surface area (TPSA) is 29.5 Å². The Morgan fingerprint density at radius 1 is 1.47 bits per heavy atom. The normalized spacial score (nSPS) is 19.3. The maximum Gasteiger partial charge on any atom is 0.256 e. The highest BCUT2D eigenvalue weighted by molar-refractivity contribution is 5.97. The average molecular weight is 233 g/mol. The molecule has 0 aliphatic carbocycles. The molecule has 0 N–H and O–H groups in total. The molecule has 0 spiro atoms. The molecule has 1 saturated heterocycles. The van der Waals surface area contributed by atoms with E-state index < -0.39 is 0 Å². The van der Waals surface area contributed by atoms with E-state index in [0.29, 0.717) is 13.2 Å². The molecular weight excluding hydrogens is 214 g/mol. The van der Waals surface area contributed by atoms with E-state index in [-0.39, 0.29) is 12.0 Å². The number of ether oxygens (including phenoxy) is 1. The predicted octanol–water partition coefficient (Wildman–Crippen LogP) is 2.53. The van der Waals surface area contributed by atoms with Crippen LogP contribution in [-0.4, -0.2) is 25.2 Å². The molecule has 3 nitrogen and oxygen atoms in total. The second-order valence-corrected chi connectivity index (χ2v) is 4.37. The number of hydrogen-bond acceptors (Lipinski definition) is 2. The third-order valence-electron chi connectivity index (χ3n) is 3.19. The Labute approximate surface area is 102 Å². The smallest absolute Gasteiger partial charge is 0.256 e. The monoisotopic (exact) mass is 233 g/mol. The minimum Gasteiger partial charge on any atom is -0.368 e. The Morgan fingerprint density at radius 2 is 2.24 bits per heavy atom. The van der Waals surface area contributed by atoms with Gasteiger partial charge in [-0.25, -0.2) is 0 Å². The van der Waals surface area contributed by atoms with Gasteiger partial charge < -0.3 is 9.64 Å². The highest BCUT2D eigenvalue weighted by Crippen LogP contribution is 2.23. The van der Waals surface area contributed by atoms with Gasteiger partial charge in [0.05, 0.1) is 0 Å². The molecule has 1 aliphatic rings. The number of amides is 1. The molecule has 0 bridgehead atoms. The van der Waals surface area contributed by atoms with E-state index in [1.165, 1.54) is 0 Å². The van der Waals surface area contributed by atoms with Crippen molar-refractivity contribution in [2.45, 2.75) is 32.8 Å². The Morgan fingerprint density at radius 3 is 2.82 bits per heavy atom. The molecule has 1 aliphatic heterocycles. The fourth-order valence-electron chi connectivity index (χ4n) is 2.26. The van der Waals surface area contributed by atoms with Crippen LogP contribution in [0.15, 0.2) is 24.3 Å². The summed E-state index contributed by atoms with van der Waals surface area (Å²) in [5.41, 5.74) is 2.12. The van der Waals surface area contributed by atoms with Crippen LogP contribution in [0.3, 0.4) is 0 Å². The molecule has 0 unspecified atom stereocenters. The van der Waals surface area contributed by atoms with Crippen molar-refractivity contribution in [3.8, 4) is 0 Å². The lowest BCUT2D eigenvalue weighted by Crippen LogP contribution is -2.39. The van der Waals surface area contributed by atoms with Gasteiger partial charge in [0.2, 0.25) is 0 Å². The van der Waals surface area contributed by atoms with Crippen LogP contribution in [0.5, 0.6) is 0 Å². The molecule has 1 fully saturated rings. The Bertz CT molecular complexity index is 397. The highest BCUT2D eigenvalue weighted by Gasteiger charge is 2.28. The van der Waals surface area contributed by atoms with Crippen LogP contribution in [0.2, 0.25) is 0 Å². The van der Waals surface area contributed by atoms with Crippen LogP contribution >= 0.6 is 0 Å². The second kappa shape index (κ2) is 5.32. The highest BCUT2D eigenvalue weighted by atomic mass is 16.5. The molecule has 1 atom stereocenters. The third-order valence-corrected chi connectivity index (χ3v) is 3.19. The number of anilines is 1. The van der Waals surface area contributed by atoms with E-state index in [1.807, 2.05) is 43.0 Å². The van der Waals surface area contributed by atoms with Crippen LogP contribution in [-0.2, 0) is 9.53 Å². The fraction of sp³-hybridized carbons (Fsp3) is 0.500. The number of carbonyl (C=O) groups excluding carboxylic acids is 1. The zero-order valence-corrected chi connectivity index (χ0v) is 10.5. The van der Waals surface area contributed by atoms with Crippen molar-refractivity contribution >= 4 is 11.6 Å². The number of para-hydroxylation sites is 1. The lowest BCUT2D eigenvalue weighted by atomic mass is 10.1. The molecule has 1 aromatic rings. The molecule has 1 heterocycles. The van der Waals surface area contributed by atoms with Gasteiger partial charge in [-0.15, -0.1) is 0 Å². The maximum atomic E-state index is 12.3. The third kappa shape index (κ3) is 2.50. The standard InChI is InChI=1S/C14H19NO2/c1-3-15(12-8-5-4-7-11(12)2)14(16)13-9-6-10-17-13/h4-5,7-8,13H,3,6,9-10H2,1-2H3/t13-/m0/s1. The summed E-state index contributed by atoms with van der Waals surface area (Å²) >= 11 is 0. The number of likely N-dealkylation sites (N-methyl/N-ethyl adjacent to an activating group) is 1. The summed E-state index contributed by atoms with van der Waals surface area (Å²) in [6.45, 7) is 5.42. The van der Waals surface area contributed by atoms with E-state index in [2.05, 4.69) is 0 Å². The van der Waals surface area contributed by atoms with Gasteiger partial charge in [0.25, 0.3) is 5.91 Å². The lowest BCUT2D eigenvalue weighted by molar-refractivity contribution is -0.127. The summed E-state index contributed by atoms with van der Waals surface area (Å²) in [4.78, 5) is 14.2. The van der Waals surface area contributed by atoms with Gasteiger partial charge in [0.15, 0.2) is 0 Å². The maximum absolute atomic E-state index is 12.3. The summed E-state index contributed by atoms with van der Waals surface area (Å²) in [6, 6.07) is 7.98. The van der Waals surface area contributed by atoms with Crippen molar-refractivity contribution in [2.75, 3.05) is 18.1 Å². The predicted molar refractivity (Wildman–Crippen MR) is 68.2 cm³/mol. The average Bonchev–Trinajstić information content (AvgIpc) is 2.86. The molecule has 1 amide bonds. The van der Waals surface area contributed by atoms with Crippen molar-refractivity contribution < 1.29 is 9.53 Å². The van der Waals surface area contributed by atoms with Crippen molar-refractivity contribution in [1.82, 2.24) is 0 Å². The number of carbonyl (C=O) groups is 1. The number of benzene rings is 1. The van der Waals surface area contributed by atoms with E-state index in [4.69, 9.17) is 4.74 Å². The van der Waals surface area contributed by atoms with Gasteiger partial charge >= 0.3 is 0 Å². The van der Waals surface area contributed by atoms with Crippen molar-refractivity contribution in [3.05, 3.63) is 29.8 Å². The molecule has 3 heteroatoms. The van der Waals surface area contributed by atoms with Crippen molar-refractivity contribution in [3.63, 3.8) is 0 Å². The molecule has 92 valence electrons. The number of rotatable bonds is 3. The van der Waals surface area contributed by atoms with Gasteiger partial charge in [-0.1, -0.05) is 18.2 Å². The van der Waals surface area contributed by atoms with Crippen LogP contribution in [0.4, 0.5) is 5.69 Å². The van der Waals surface area contributed by atoms with Crippen LogP contribution < -0.4 is 4.90 Å². The van der Waals surface area contributed by atoms with Gasteiger partial charge in [-0.2, -0.15) is 0 Å². The molecule has 0 aromatic heterocycles. The second-order valence-electron chi connectivity index (χ2n) is 4.37. The van der Waals surface area contributed by atoms with E-state index in [9.17, 15) is 4.79 Å². The molecule has 0 radical (unpaired) electrons. The number of nitrogens with zero attached hydrogens (tertiary/aromatic N) is 1. The van der Waals surface area contributed by atoms with E-state index in [0.717, 1.165) is 24.1 Å². The molecule has 0 saturated carbocycles. The van der Waals surface area contributed by atoms with E-state index in [1.54, 1.807) is 0 Å². The molecule has 17 heavy (non-hydrogen) atoms. The largest absolute Gasteiger partial charge is 0.368 e. The van der Waals surface area contributed by atoms with Gasteiger partial charge in [-0.05, 0) is 38.3 Å². The minimum absolute atomic E-state index is 0.0966. The lowest BCUT2D eigenvalue weighted by Gasteiger charge is -2.25. The first-order valence-corrected chi connectivity index (χ1v) is 6.22. The van der Waals surface area contributed by atoms with Crippen LogP contribution in [0, 0.1) is 6.92 Å². The molecular formula is C14H19NO2. The van der Waals surface area contributed by atoms with Crippen molar-refractivity contribution in [2.24, 2.45) is 0 Å². The van der Waals surface area contributed by atoms with Gasteiger partial charge in [-0.3, -0.25) is 4.79 Å². The first-order valence-electron chi connectivity index (χ1n) is 6.22. The Hall–Kier alpha value is -1.35. The summed E-state index contributed by atoms with van der Waals surface area (Å²) in [5, 5.41) is 0. The quantitative estimate of drug-likeness (QED) is 0.803. The SMILES string of the molecule is CCN(C(=O)[C@@H]1CCCO1)c1ccccc1C. The van der Waals surface area contributed by atoms with Gasteiger partial charge in [0, 0.05) is 18.8 Å². The summed E-state index contributed by atoms with van der Waals surface area (Å²) in [5.74, 6) is 0.0966. The fourth-order valence-corrected chi connectivity index (χ4v) is 2.26. The molecule has 1 aromatic carbocycles. The zero-order chi connectivity index (χ0) is 12.3. The zero-order valence-electron chi connectivity index (χ0n) is 10.5. The van der Waals surface area contributed by atoms with Gasteiger partial charge in [0.1, 0.15) is 6.10 Å². The van der Waals surface area contributed by atoms with Crippen molar-refractivity contribution in [1.29, 1.82) is 0 Å². The first-order chi connectivity index (χ1) is 8.24.